The second-order valence-electron chi connectivity index (χ2n) is 1.47. The molecule has 8 heavy (non-hydrogen) atoms. The van der Waals surface area contributed by atoms with Crippen LogP contribution in [0.4, 0.5) is 0 Å². The smallest absolute Gasteiger partial charge is 0.0493 e. The van der Waals surface area contributed by atoms with Crippen molar-refractivity contribution < 1.29 is 0 Å². The van der Waals surface area contributed by atoms with Gasteiger partial charge in [-0.2, -0.15) is 5.10 Å². The van der Waals surface area contributed by atoms with E-state index in [1.54, 1.807) is 10.9 Å². The van der Waals surface area contributed by atoms with E-state index >= 15 is 0 Å². The summed E-state index contributed by atoms with van der Waals surface area (Å²) < 4.78 is 1.75. The topological polar surface area (TPSA) is 17.8 Å². The van der Waals surface area contributed by atoms with E-state index in [2.05, 4.69) is 5.10 Å². The van der Waals surface area contributed by atoms with E-state index in [1.165, 1.54) is 0 Å². The van der Waals surface area contributed by atoms with Crippen LogP contribution < -0.4 is 0 Å². The van der Waals surface area contributed by atoms with Crippen molar-refractivity contribution in [2.24, 2.45) is 0 Å². The number of hydrogen-bond acceptors (Lipinski definition) is 1. The third-order valence-corrected chi connectivity index (χ3v) is 0.827. The van der Waals surface area contributed by atoms with Crippen molar-refractivity contribution in [3.05, 3.63) is 24.5 Å². The van der Waals surface area contributed by atoms with Crippen LogP contribution >= 0.6 is 0 Å². The Hall–Kier alpha value is -1.05. The van der Waals surface area contributed by atoms with Gasteiger partial charge in [-0.15, -0.1) is 0 Å². The highest BCUT2D eigenvalue weighted by Crippen LogP contribution is 1.83. The lowest BCUT2D eigenvalue weighted by molar-refractivity contribution is 0.934. The van der Waals surface area contributed by atoms with Crippen LogP contribution in [0.15, 0.2) is 24.5 Å². The van der Waals surface area contributed by atoms with Crippen LogP contribution in [0, 0.1) is 0 Å². The van der Waals surface area contributed by atoms with Crippen molar-refractivity contribution in [3.63, 3.8) is 0 Å². The number of rotatable bonds is 1. The summed E-state index contributed by atoms with van der Waals surface area (Å²) in [5, 5.41) is 3.94. The number of nitrogens with zero attached hydrogens (tertiary/aromatic N) is 2. The summed E-state index contributed by atoms with van der Waals surface area (Å²) in [6.07, 6.45) is 7.47. The zero-order valence-electron chi connectivity index (χ0n) is 4.78. The van der Waals surface area contributed by atoms with Crippen LogP contribution in [0.1, 0.15) is 6.92 Å². The first-order chi connectivity index (χ1) is 3.93. The standard InChI is InChI=1S/C6H8N2/c1-2-5-8-6-3-4-7-8/h2-6H,1H3. The van der Waals surface area contributed by atoms with Crippen molar-refractivity contribution >= 4 is 6.20 Å². The van der Waals surface area contributed by atoms with Crippen LogP contribution in [0.3, 0.4) is 0 Å². The fraction of sp³-hybridized carbons (Fsp3) is 0.167. The van der Waals surface area contributed by atoms with Crippen LogP contribution in [-0.4, -0.2) is 9.78 Å². The minimum atomic E-state index is 1.75. The Morgan fingerprint density at radius 3 is 3.00 bits per heavy atom. The summed E-state index contributed by atoms with van der Waals surface area (Å²) in [6.45, 7) is 1.96. The van der Waals surface area contributed by atoms with Crippen LogP contribution in [-0.2, 0) is 0 Å². The zero-order valence-corrected chi connectivity index (χ0v) is 4.78. The molecular formula is C6H8N2. The third kappa shape index (κ3) is 0.964. The molecule has 0 aliphatic carbocycles. The maximum Gasteiger partial charge on any atom is 0.0493 e. The van der Waals surface area contributed by atoms with E-state index in [4.69, 9.17) is 0 Å². The molecule has 0 aliphatic rings. The summed E-state index contributed by atoms with van der Waals surface area (Å²) in [5.41, 5.74) is 0. The molecule has 0 atom stereocenters. The molecule has 0 fully saturated rings. The summed E-state index contributed by atoms with van der Waals surface area (Å²) in [4.78, 5) is 0. The van der Waals surface area contributed by atoms with Crippen LogP contribution in [0.5, 0.6) is 0 Å². The Kier molecular flexibility index (Phi) is 1.47. The average molecular weight is 108 g/mol. The molecule has 0 unspecified atom stereocenters. The molecule has 0 amide bonds. The Labute approximate surface area is 48.4 Å². The molecule has 42 valence electrons. The van der Waals surface area contributed by atoms with Crippen LogP contribution in [0.2, 0.25) is 0 Å². The van der Waals surface area contributed by atoms with E-state index < -0.39 is 0 Å². The summed E-state index contributed by atoms with van der Waals surface area (Å²) in [6, 6.07) is 1.89. The fourth-order valence-electron chi connectivity index (χ4n) is 0.522. The number of allylic oxidation sites excluding steroid dienone is 1. The average Bonchev–Trinajstić information content (AvgIpc) is 2.19. The van der Waals surface area contributed by atoms with E-state index in [-0.39, 0.29) is 0 Å². The van der Waals surface area contributed by atoms with Gasteiger partial charge >= 0.3 is 0 Å². The molecular weight excluding hydrogens is 100 g/mol. The molecule has 0 saturated carbocycles. The van der Waals surface area contributed by atoms with Crippen molar-refractivity contribution in [1.82, 2.24) is 9.78 Å². The molecule has 2 heteroatoms. The van der Waals surface area contributed by atoms with Gasteiger partial charge in [0.05, 0.1) is 0 Å². The molecule has 1 aromatic rings. The fourth-order valence-corrected chi connectivity index (χ4v) is 0.522. The van der Waals surface area contributed by atoms with Crippen molar-refractivity contribution in [3.8, 4) is 0 Å². The molecule has 0 N–H and O–H groups in total. The van der Waals surface area contributed by atoms with Gasteiger partial charge in [0.2, 0.25) is 0 Å². The largest absolute Gasteiger partial charge is 0.249 e. The lowest BCUT2D eigenvalue weighted by atomic mass is 10.7. The predicted octanol–water partition coefficient (Wildman–Crippen LogP) is 1.37. The summed E-state index contributed by atoms with van der Waals surface area (Å²) in [7, 11) is 0. The first-order valence-electron chi connectivity index (χ1n) is 2.55. The molecule has 1 aromatic heterocycles. The second kappa shape index (κ2) is 2.31. The van der Waals surface area contributed by atoms with Gasteiger partial charge in [0.25, 0.3) is 0 Å². The molecule has 1 heterocycles. The Balaban J connectivity index is 2.77. The van der Waals surface area contributed by atoms with Gasteiger partial charge in [-0.05, 0) is 13.0 Å². The molecule has 0 aromatic carbocycles. The SMILES string of the molecule is CC=Cn1cccn1. The van der Waals surface area contributed by atoms with Gasteiger partial charge < -0.3 is 0 Å². The lowest BCUT2D eigenvalue weighted by Gasteiger charge is -1.83. The van der Waals surface area contributed by atoms with Gasteiger partial charge in [0.1, 0.15) is 0 Å². The second-order valence-corrected chi connectivity index (χ2v) is 1.47. The first-order valence-corrected chi connectivity index (χ1v) is 2.55. The lowest BCUT2D eigenvalue weighted by Crippen LogP contribution is -1.82. The molecule has 2 nitrogen and oxygen atoms in total. The van der Waals surface area contributed by atoms with E-state index in [9.17, 15) is 0 Å². The van der Waals surface area contributed by atoms with Crippen molar-refractivity contribution in [1.29, 1.82) is 0 Å². The third-order valence-electron chi connectivity index (χ3n) is 0.827. The van der Waals surface area contributed by atoms with Crippen molar-refractivity contribution in [2.75, 3.05) is 0 Å². The highest BCUT2D eigenvalue weighted by Gasteiger charge is 1.75. The molecule has 0 bridgehead atoms. The summed E-state index contributed by atoms with van der Waals surface area (Å²) in [5.74, 6) is 0. The monoisotopic (exact) mass is 108 g/mol. The Morgan fingerprint density at radius 2 is 2.50 bits per heavy atom. The molecule has 1 rings (SSSR count). The maximum atomic E-state index is 3.94. The minimum absolute atomic E-state index is 1.75. The minimum Gasteiger partial charge on any atom is -0.249 e. The van der Waals surface area contributed by atoms with Crippen LogP contribution in [0.25, 0.3) is 6.20 Å². The zero-order chi connectivity index (χ0) is 5.82. The van der Waals surface area contributed by atoms with Gasteiger partial charge in [-0.3, -0.25) is 0 Å². The van der Waals surface area contributed by atoms with Gasteiger partial charge in [-0.25, -0.2) is 4.68 Å². The van der Waals surface area contributed by atoms with Gasteiger partial charge in [0, 0.05) is 18.6 Å². The molecule has 0 aliphatic heterocycles. The Bertz CT molecular complexity index is 163. The highest BCUT2D eigenvalue weighted by atomic mass is 15.2. The van der Waals surface area contributed by atoms with E-state index in [0.717, 1.165) is 0 Å². The normalized spacial score (nSPS) is 10.6. The molecule has 0 spiro atoms. The Morgan fingerprint density at radius 1 is 1.62 bits per heavy atom. The van der Waals surface area contributed by atoms with Gasteiger partial charge in [-0.1, -0.05) is 6.08 Å². The van der Waals surface area contributed by atoms with E-state index in [1.807, 2.05) is 31.5 Å². The van der Waals surface area contributed by atoms with Crippen molar-refractivity contribution in [2.45, 2.75) is 6.92 Å². The number of hydrogen-bond donors (Lipinski definition) is 0. The summed E-state index contributed by atoms with van der Waals surface area (Å²) >= 11 is 0. The quantitative estimate of drug-likeness (QED) is 0.531. The van der Waals surface area contributed by atoms with E-state index in [0.29, 0.717) is 0 Å². The van der Waals surface area contributed by atoms with Gasteiger partial charge in [0.15, 0.2) is 0 Å². The molecule has 0 radical (unpaired) electrons. The highest BCUT2D eigenvalue weighted by molar-refractivity contribution is 5.17. The molecule has 0 saturated heterocycles. The number of aromatic nitrogens is 2. The maximum absolute atomic E-state index is 3.94. The first kappa shape index (κ1) is 5.09. The predicted molar refractivity (Wildman–Crippen MR) is 33.2 cm³/mol.